The van der Waals surface area contributed by atoms with Gasteiger partial charge >= 0.3 is 5.97 Å². The van der Waals surface area contributed by atoms with Gasteiger partial charge in [0, 0.05) is 31.7 Å². The van der Waals surface area contributed by atoms with Crippen molar-refractivity contribution in [3.05, 3.63) is 28.8 Å². The first-order valence-corrected chi connectivity index (χ1v) is 7.33. The van der Waals surface area contributed by atoms with Gasteiger partial charge in [0.1, 0.15) is 5.75 Å². The van der Waals surface area contributed by atoms with Crippen LogP contribution < -0.4 is 10.1 Å². The second-order valence-electron chi connectivity index (χ2n) is 5.35. The van der Waals surface area contributed by atoms with Crippen molar-refractivity contribution in [2.45, 2.75) is 13.8 Å². The minimum Gasteiger partial charge on any atom is -0.481 e. The second kappa shape index (κ2) is 8.74. The summed E-state index contributed by atoms with van der Waals surface area (Å²) in [5.74, 6) is 0.231. The van der Waals surface area contributed by atoms with Crippen molar-refractivity contribution in [1.29, 1.82) is 0 Å². The fraction of sp³-hybridized carbons (Fsp3) is 0.500. The maximum absolute atomic E-state index is 12.5. The van der Waals surface area contributed by atoms with Crippen LogP contribution in [-0.2, 0) is 9.53 Å². The van der Waals surface area contributed by atoms with Crippen LogP contribution in [0.25, 0.3) is 0 Å². The van der Waals surface area contributed by atoms with Gasteiger partial charge in [0.05, 0.1) is 7.11 Å². The van der Waals surface area contributed by atoms with Crippen LogP contribution in [0.5, 0.6) is 5.75 Å². The number of amides is 1. The van der Waals surface area contributed by atoms with Gasteiger partial charge in [-0.3, -0.25) is 4.79 Å². The third kappa shape index (κ3) is 4.84. The van der Waals surface area contributed by atoms with Crippen molar-refractivity contribution in [2.75, 3.05) is 39.9 Å². The average Bonchev–Trinajstić information content (AvgIpc) is 2.53. The summed E-state index contributed by atoms with van der Waals surface area (Å²) >= 11 is 0. The van der Waals surface area contributed by atoms with E-state index < -0.39 is 5.97 Å². The van der Waals surface area contributed by atoms with Crippen LogP contribution in [0.15, 0.2) is 12.1 Å². The van der Waals surface area contributed by atoms with E-state index in [2.05, 4.69) is 10.1 Å². The quantitative estimate of drug-likeness (QED) is 0.836. The fourth-order valence-electron chi connectivity index (χ4n) is 2.54. The third-order valence-electron chi connectivity index (χ3n) is 3.67. The lowest BCUT2D eigenvalue weighted by atomic mass is 10.0. The number of esters is 1. The predicted octanol–water partition coefficient (Wildman–Crippen LogP) is 1.32. The molecule has 128 valence electrons. The standard InChI is InChI=1S/C16H22N2O4.ClH/c1-11-8-13(16(20)18-6-4-17-5-7-18)9-12(2)15(11)22-10-14(19)21-3;/h8-9,17H,4-7,10H2,1-3H3;1H. The van der Waals surface area contributed by atoms with Crippen LogP contribution in [0.4, 0.5) is 0 Å². The molecule has 1 heterocycles. The highest BCUT2D eigenvalue weighted by Gasteiger charge is 2.20. The highest BCUT2D eigenvalue weighted by atomic mass is 35.5. The van der Waals surface area contributed by atoms with E-state index in [1.165, 1.54) is 7.11 Å². The van der Waals surface area contributed by atoms with E-state index >= 15 is 0 Å². The Morgan fingerprint density at radius 1 is 1.17 bits per heavy atom. The molecule has 1 aromatic carbocycles. The van der Waals surface area contributed by atoms with E-state index in [0.29, 0.717) is 11.3 Å². The number of carbonyl (C=O) groups is 2. The number of benzene rings is 1. The number of methoxy groups -OCH3 is 1. The molecule has 0 atom stereocenters. The molecule has 1 aromatic rings. The Balaban J connectivity index is 0.00000264. The molecule has 1 amide bonds. The van der Waals surface area contributed by atoms with Crippen LogP contribution in [0.1, 0.15) is 21.5 Å². The number of nitrogens with one attached hydrogen (secondary N) is 1. The van der Waals surface area contributed by atoms with Crippen LogP contribution in [0.3, 0.4) is 0 Å². The molecule has 7 heteroatoms. The second-order valence-corrected chi connectivity index (χ2v) is 5.35. The van der Waals surface area contributed by atoms with Crippen molar-refractivity contribution in [1.82, 2.24) is 10.2 Å². The number of rotatable bonds is 4. The summed E-state index contributed by atoms with van der Waals surface area (Å²) in [5.41, 5.74) is 2.33. The molecule has 0 spiro atoms. The molecule has 23 heavy (non-hydrogen) atoms. The smallest absolute Gasteiger partial charge is 0.343 e. The molecule has 1 aliphatic heterocycles. The van der Waals surface area contributed by atoms with Crippen LogP contribution in [0.2, 0.25) is 0 Å². The summed E-state index contributed by atoms with van der Waals surface area (Å²) in [7, 11) is 1.32. The first-order valence-electron chi connectivity index (χ1n) is 7.33. The fourth-order valence-corrected chi connectivity index (χ4v) is 2.54. The Bertz CT molecular complexity index is 548. The molecule has 6 nitrogen and oxygen atoms in total. The van der Waals surface area contributed by atoms with Gasteiger partial charge < -0.3 is 19.7 Å². The topological polar surface area (TPSA) is 67.9 Å². The molecular weight excluding hydrogens is 320 g/mol. The minimum absolute atomic E-state index is 0. The van der Waals surface area contributed by atoms with Gasteiger partial charge in [0.15, 0.2) is 6.61 Å². The maximum atomic E-state index is 12.5. The Morgan fingerprint density at radius 2 is 1.74 bits per heavy atom. The molecule has 1 aliphatic rings. The van der Waals surface area contributed by atoms with Crippen LogP contribution in [-0.4, -0.2) is 56.7 Å². The number of hydrogen-bond donors (Lipinski definition) is 1. The first kappa shape index (κ1) is 19.3. The van der Waals surface area contributed by atoms with E-state index in [0.717, 1.165) is 37.3 Å². The summed E-state index contributed by atoms with van der Waals surface area (Å²) in [6.45, 7) is 6.69. The van der Waals surface area contributed by atoms with Crippen molar-refractivity contribution in [3.8, 4) is 5.75 Å². The Morgan fingerprint density at radius 3 is 2.26 bits per heavy atom. The number of halogens is 1. The van der Waals surface area contributed by atoms with E-state index in [9.17, 15) is 9.59 Å². The van der Waals surface area contributed by atoms with Gasteiger partial charge in [-0.05, 0) is 37.1 Å². The Hall–Kier alpha value is -1.79. The summed E-state index contributed by atoms with van der Waals surface area (Å²) in [5, 5.41) is 3.23. The zero-order valence-corrected chi connectivity index (χ0v) is 14.5. The average molecular weight is 343 g/mol. The lowest BCUT2D eigenvalue weighted by Crippen LogP contribution is -2.46. The van der Waals surface area contributed by atoms with Gasteiger partial charge in [-0.25, -0.2) is 4.79 Å². The highest BCUT2D eigenvalue weighted by Crippen LogP contribution is 2.25. The van der Waals surface area contributed by atoms with Crippen molar-refractivity contribution < 1.29 is 19.1 Å². The lowest BCUT2D eigenvalue weighted by molar-refractivity contribution is -0.142. The summed E-state index contributed by atoms with van der Waals surface area (Å²) in [6, 6.07) is 3.62. The monoisotopic (exact) mass is 342 g/mol. The van der Waals surface area contributed by atoms with E-state index in [1.807, 2.05) is 30.9 Å². The SMILES string of the molecule is COC(=O)COc1c(C)cc(C(=O)N2CCNCC2)cc1C.Cl. The normalized spacial score (nSPS) is 14.0. The third-order valence-corrected chi connectivity index (χ3v) is 3.67. The molecule has 0 radical (unpaired) electrons. The van der Waals surface area contributed by atoms with Gasteiger partial charge in [0.25, 0.3) is 5.91 Å². The summed E-state index contributed by atoms with van der Waals surface area (Å²) in [4.78, 5) is 25.5. The number of ether oxygens (including phenoxy) is 2. The van der Waals surface area contributed by atoms with E-state index in [4.69, 9.17) is 4.74 Å². The van der Waals surface area contributed by atoms with E-state index in [-0.39, 0.29) is 24.9 Å². The predicted molar refractivity (Wildman–Crippen MR) is 89.4 cm³/mol. The number of nitrogens with zero attached hydrogens (tertiary/aromatic N) is 1. The van der Waals surface area contributed by atoms with Crippen molar-refractivity contribution >= 4 is 24.3 Å². The maximum Gasteiger partial charge on any atom is 0.343 e. The Kier molecular flexibility index (Phi) is 7.32. The number of hydrogen-bond acceptors (Lipinski definition) is 5. The molecule has 1 fully saturated rings. The molecule has 1 saturated heterocycles. The van der Waals surface area contributed by atoms with Gasteiger partial charge in [-0.15, -0.1) is 12.4 Å². The van der Waals surface area contributed by atoms with Crippen LogP contribution in [0, 0.1) is 13.8 Å². The van der Waals surface area contributed by atoms with Crippen molar-refractivity contribution in [3.63, 3.8) is 0 Å². The molecule has 0 aromatic heterocycles. The molecular formula is C16H23ClN2O4. The summed E-state index contributed by atoms with van der Waals surface area (Å²) < 4.78 is 10.1. The molecule has 0 unspecified atom stereocenters. The van der Waals surface area contributed by atoms with Gasteiger partial charge in [-0.2, -0.15) is 0 Å². The lowest BCUT2D eigenvalue weighted by Gasteiger charge is -2.27. The highest BCUT2D eigenvalue weighted by molar-refractivity contribution is 5.95. The molecule has 0 saturated carbocycles. The zero-order chi connectivity index (χ0) is 16.1. The van der Waals surface area contributed by atoms with Gasteiger partial charge in [0.2, 0.25) is 0 Å². The number of piperazine rings is 1. The molecule has 0 bridgehead atoms. The molecule has 2 rings (SSSR count). The zero-order valence-electron chi connectivity index (χ0n) is 13.7. The number of carbonyl (C=O) groups excluding carboxylic acids is 2. The van der Waals surface area contributed by atoms with Crippen molar-refractivity contribution in [2.24, 2.45) is 0 Å². The van der Waals surface area contributed by atoms with E-state index in [1.54, 1.807) is 0 Å². The Labute approximate surface area is 142 Å². The number of aryl methyl sites for hydroxylation is 2. The van der Waals surface area contributed by atoms with Crippen LogP contribution >= 0.6 is 12.4 Å². The minimum atomic E-state index is -0.431. The van der Waals surface area contributed by atoms with Gasteiger partial charge in [-0.1, -0.05) is 0 Å². The molecule has 1 N–H and O–H groups in total. The molecule has 0 aliphatic carbocycles. The summed E-state index contributed by atoms with van der Waals surface area (Å²) in [6.07, 6.45) is 0. The largest absolute Gasteiger partial charge is 0.481 e. The first-order chi connectivity index (χ1) is 10.5.